The number of anilines is 1. The molecule has 0 radical (unpaired) electrons. The lowest BCUT2D eigenvalue weighted by Crippen LogP contribution is -2.52. The van der Waals surface area contributed by atoms with E-state index in [0.717, 1.165) is 11.3 Å². The highest BCUT2D eigenvalue weighted by Gasteiger charge is 2.39. The number of nitrogens with one attached hydrogen (secondary N) is 1. The summed E-state index contributed by atoms with van der Waals surface area (Å²) >= 11 is 0. The number of carboxylic acid groups (broad SMARTS) is 1. The normalized spacial score (nSPS) is 22.4. The summed E-state index contributed by atoms with van der Waals surface area (Å²) in [5.41, 5.74) is 1.49. The first-order chi connectivity index (χ1) is 8.68. The van der Waals surface area contributed by atoms with Crippen molar-refractivity contribution in [2.45, 2.75) is 5.92 Å². The lowest BCUT2D eigenvalue weighted by atomic mass is 10.0. The van der Waals surface area contributed by atoms with Crippen molar-refractivity contribution in [1.82, 2.24) is 5.32 Å². The van der Waals surface area contributed by atoms with Crippen molar-refractivity contribution in [2.24, 2.45) is 5.92 Å². The molecule has 2 N–H and O–H groups in total. The third kappa shape index (κ3) is 1.59. The van der Waals surface area contributed by atoms with Gasteiger partial charge in [0.05, 0.1) is 5.92 Å². The fourth-order valence-corrected chi connectivity index (χ4v) is 2.51. The summed E-state index contributed by atoms with van der Waals surface area (Å²) in [7, 11) is 0. The highest BCUT2D eigenvalue weighted by Crippen LogP contribution is 2.37. The third-order valence-corrected chi connectivity index (χ3v) is 3.66. The van der Waals surface area contributed by atoms with Crippen LogP contribution >= 0.6 is 0 Å². The molecule has 1 aromatic carbocycles. The fraction of sp³-hybridized carbons (Fsp3) is 0.385. The van der Waals surface area contributed by atoms with E-state index in [4.69, 9.17) is 0 Å². The largest absolute Gasteiger partial charge is 0.481 e. The highest BCUT2D eigenvalue weighted by atomic mass is 16.4. The number of carbonyl (C=O) groups excluding carboxylic acids is 1. The summed E-state index contributed by atoms with van der Waals surface area (Å²) in [5.74, 6) is -1.45. The Labute approximate surface area is 104 Å². The molecular weight excluding hydrogens is 232 g/mol. The predicted octanol–water partition coefficient (Wildman–Crippen LogP) is 0.421. The summed E-state index contributed by atoms with van der Waals surface area (Å²) in [6.45, 7) is 1.63. The lowest BCUT2D eigenvalue weighted by molar-refractivity contribution is -0.138. The molecule has 0 aliphatic carbocycles. The second-order valence-electron chi connectivity index (χ2n) is 4.75. The number of fused-ring (bicyclic) bond motifs is 1. The first-order valence-electron chi connectivity index (χ1n) is 6.02. The summed E-state index contributed by atoms with van der Waals surface area (Å²) in [4.78, 5) is 25.1. The third-order valence-electron chi connectivity index (χ3n) is 3.66. The molecule has 0 bridgehead atoms. The fourth-order valence-electron chi connectivity index (χ4n) is 2.51. The first kappa shape index (κ1) is 11.2. The Morgan fingerprint density at radius 1 is 1.28 bits per heavy atom. The van der Waals surface area contributed by atoms with Crippen LogP contribution in [0.4, 0.5) is 5.69 Å². The standard InChI is InChI=1S/C13H14N2O3/c16-12(8-5-14-6-8)15-7-10(13(17)18)9-3-1-2-4-11(9)15/h1-4,8,10,14H,5-7H2,(H,17,18). The molecule has 1 saturated heterocycles. The zero-order valence-electron chi connectivity index (χ0n) is 9.80. The molecule has 0 spiro atoms. The Hall–Kier alpha value is -1.88. The van der Waals surface area contributed by atoms with E-state index in [2.05, 4.69) is 5.32 Å². The topological polar surface area (TPSA) is 69.6 Å². The van der Waals surface area contributed by atoms with Crippen LogP contribution in [-0.2, 0) is 9.59 Å². The van der Waals surface area contributed by atoms with Gasteiger partial charge in [-0.15, -0.1) is 0 Å². The molecule has 1 fully saturated rings. The average Bonchev–Trinajstić information content (AvgIpc) is 2.66. The van der Waals surface area contributed by atoms with Gasteiger partial charge >= 0.3 is 5.97 Å². The average molecular weight is 246 g/mol. The zero-order valence-corrected chi connectivity index (χ0v) is 9.80. The van der Waals surface area contributed by atoms with Gasteiger partial charge in [0.25, 0.3) is 0 Å². The van der Waals surface area contributed by atoms with Crippen molar-refractivity contribution >= 4 is 17.6 Å². The number of para-hydroxylation sites is 1. The minimum absolute atomic E-state index is 0.00870. The Kier molecular flexibility index (Phi) is 2.56. The monoisotopic (exact) mass is 246 g/mol. The van der Waals surface area contributed by atoms with Crippen molar-refractivity contribution in [3.05, 3.63) is 29.8 Å². The molecule has 2 aliphatic rings. The Morgan fingerprint density at radius 3 is 2.61 bits per heavy atom. The van der Waals surface area contributed by atoms with E-state index in [1.165, 1.54) is 0 Å². The van der Waals surface area contributed by atoms with Gasteiger partial charge in [-0.2, -0.15) is 0 Å². The van der Waals surface area contributed by atoms with Crippen LogP contribution in [0, 0.1) is 5.92 Å². The van der Waals surface area contributed by atoms with Crippen LogP contribution in [0.5, 0.6) is 0 Å². The maximum atomic E-state index is 12.3. The van der Waals surface area contributed by atoms with Gasteiger partial charge in [0.2, 0.25) is 5.91 Å². The van der Waals surface area contributed by atoms with Gasteiger partial charge in [-0.1, -0.05) is 18.2 Å². The minimum Gasteiger partial charge on any atom is -0.481 e. The van der Waals surface area contributed by atoms with Crippen LogP contribution in [0.1, 0.15) is 11.5 Å². The Bertz CT molecular complexity index is 511. The quantitative estimate of drug-likeness (QED) is 0.793. The van der Waals surface area contributed by atoms with E-state index in [9.17, 15) is 14.7 Å². The van der Waals surface area contributed by atoms with Crippen molar-refractivity contribution in [2.75, 3.05) is 24.5 Å². The number of benzene rings is 1. The van der Waals surface area contributed by atoms with Crippen molar-refractivity contribution in [3.63, 3.8) is 0 Å². The predicted molar refractivity (Wildman–Crippen MR) is 65.5 cm³/mol. The highest BCUT2D eigenvalue weighted by molar-refractivity contribution is 6.00. The van der Waals surface area contributed by atoms with Gasteiger partial charge < -0.3 is 15.3 Å². The number of aliphatic carboxylic acids is 1. The summed E-state index contributed by atoms with van der Waals surface area (Å²) in [6.07, 6.45) is 0. The molecule has 1 unspecified atom stereocenters. The summed E-state index contributed by atoms with van der Waals surface area (Å²) in [5, 5.41) is 12.3. The Balaban J connectivity index is 1.94. The van der Waals surface area contributed by atoms with Crippen LogP contribution in [0.25, 0.3) is 0 Å². The van der Waals surface area contributed by atoms with Gasteiger partial charge in [0, 0.05) is 25.3 Å². The number of carbonyl (C=O) groups is 2. The SMILES string of the molecule is O=C(O)C1CN(C(=O)C2CNC2)c2ccccc21. The van der Waals surface area contributed by atoms with Gasteiger partial charge in [-0.05, 0) is 11.6 Å². The molecule has 0 saturated carbocycles. The zero-order chi connectivity index (χ0) is 12.7. The number of hydrogen-bond donors (Lipinski definition) is 2. The lowest BCUT2D eigenvalue weighted by Gasteiger charge is -2.30. The van der Waals surface area contributed by atoms with Crippen molar-refractivity contribution in [1.29, 1.82) is 0 Å². The van der Waals surface area contributed by atoms with Crippen LogP contribution in [0.3, 0.4) is 0 Å². The molecule has 5 nitrogen and oxygen atoms in total. The molecule has 5 heteroatoms. The van der Waals surface area contributed by atoms with E-state index in [1.54, 1.807) is 11.0 Å². The van der Waals surface area contributed by atoms with Gasteiger partial charge in [0.1, 0.15) is 5.92 Å². The van der Waals surface area contributed by atoms with Crippen LogP contribution in [0.2, 0.25) is 0 Å². The van der Waals surface area contributed by atoms with Crippen LogP contribution < -0.4 is 10.2 Å². The molecule has 1 atom stereocenters. The molecule has 3 rings (SSSR count). The van der Waals surface area contributed by atoms with E-state index >= 15 is 0 Å². The maximum Gasteiger partial charge on any atom is 0.312 e. The number of rotatable bonds is 2. The van der Waals surface area contributed by atoms with Gasteiger partial charge in [-0.3, -0.25) is 9.59 Å². The molecule has 2 heterocycles. The first-order valence-corrected chi connectivity index (χ1v) is 6.02. The van der Waals surface area contributed by atoms with E-state index < -0.39 is 11.9 Å². The van der Waals surface area contributed by atoms with Gasteiger partial charge in [-0.25, -0.2) is 0 Å². The van der Waals surface area contributed by atoms with Crippen molar-refractivity contribution in [3.8, 4) is 0 Å². The number of nitrogens with zero attached hydrogens (tertiary/aromatic N) is 1. The van der Waals surface area contributed by atoms with E-state index in [0.29, 0.717) is 13.1 Å². The minimum atomic E-state index is -0.871. The maximum absolute atomic E-state index is 12.3. The molecular formula is C13H14N2O3. The summed E-state index contributed by atoms with van der Waals surface area (Å²) in [6, 6.07) is 7.26. The van der Waals surface area contributed by atoms with E-state index in [-0.39, 0.29) is 18.4 Å². The number of carboxylic acids is 1. The summed E-state index contributed by atoms with van der Waals surface area (Å²) < 4.78 is 0. The second-order valence-corrected chi connectivity index (χ2v) is 4.75. The van der Waals surface area contributed by atoms with E-state index in [1.807, 2.05) is 18.2 Å². The van der Waals surface area contributed by atoms with Crippen LogP contribution in [0.15, 0.2) is 24.3 Å². The molecule has 1 aromatic rings. The number of amides is 1. The van der Waals surface area contributed by atoms with Crippen molar-refractivity contribution < 1.29 is 14.7 Å². The molecule has 2 aliphatic heterocycles. The molecule has 18 heavy (non-hydrogen) atoms. The molecule has 1 amide bonds. The molecule has 0 aromatic heterocycles. The van der Waals surface area contributed by atoms with Gasteiger partial charge in [0.15, 0.2) is 0 Å². The van der Waals surface area contributed by atoms with Crippen LogP contribution in [-0.4, -0.2) is 36.6 Å². The second kappa shape index (κ2) is 4.10. The smallest absolute Gasteiger partial charge is 0.312 e. The molecule has 94 valence electrons. The number of hydrogen-bond acceptors (Lipinski definition) is 3. The Morgan fingerprint density at radius 2 is 2.00 bits per heavy atom.